The fourth-order valence-corrected chi connectivity index (χ4v) is 4.17. The number of anilines is 1. The van der Waals surface area contributed by atoms with Crippen LogP contribution in [-0.4, -0.2) is 31.0 Å². The molecule has 0 fully saturated rings. The molecule has 4 rings (SSSR count). The van der Waals surface area contributed by atoms with E-state index in [0.717, 1.165) is 11.3 Å². The Balaban J connectivity index is 1.70. The van der Waals surface area contributed by atoms with Crippen LogP contribution in [0.4, 0.5) is 5.82 Å². The molecule has 1 amide bonds. The Hall–Kier alpha value is -3.10. The highest BCUT2D eigenvalue weighted by Crippen LogP contribution is 2.23. The van der Waals surface area contributed by atoms with Gasteiger partial charge in [-0.1, -0.05) is 41.1 Å². The van der Waals surface area contributed by atoms with Crippen LogP contribution in [0.3, 0.4) is 0 Å². The van der Waals surface area contributed by atoms with Gasteiger partial charge in [0.05, 0.1) is 28.0 Å². The van der Waals surface area contributed by atoms with Crippen LogP contribution in [0.15, 0.2) is 58.5 Å². The van der Waals surface area contributed by atoms with Gasteiger partial charge in [0.15, 0.2) is 5.16 Å². The van der Waals surface area contributed by atoms with E-state index >= 15 is 0 Å². The number of aryl methyl sites for hydroxylation is 3. The molecule has 158 valence electrons. The Kier molecular flexibility index (Phi) is 5.84. The molecule has 4 aromatic rings. The predicted molar refractivity (Wildman–Crippen MR) is 124 cm³/mol. The molecule has 0 unspecified atom stereocenters. The molecule has 0 atom stereocenters. The van der Waals surface area contributed by atoms with Crippen molar-refractivity contribution in [3.8, 4) is 5.69 Å². The van der Waals surface area contributed by atoms with Gasteiger partial charge in [-0.25, -0.2) is 4.98 Å². The maximum atomic E-state index is 13.3. The van der Waals surface area contributed by atoms with E-state index in [2.05, 4.69) is 15.4 Å². The molecule has 7 nitrogen and oxygen atoms in total. The van der Waals surface area contributed by atoms with Gasteiger partial charge in [0.25, 0.3) is 5.56 Å². The number of benzene rings is 2. The lowest BCUT2D eigenvalue weighted by Gasteiger charge is -2.13. The summed E-state index contributed by atoms with van der Waals surface area (Å²) in [5.74, 6) is 0.468. The van der Waals surface area contributed by atoms with Crippen LogP contribution in [0.5, 0.6) is 0 Å². The SMILES string of the molecule is Cc1ccc(-n2c(SCC(=O)Nc3cc(C)nn3C)nc3cc(Cl)ccc3c2=O)cc1. The molecule has 1 N–H and O–H groups in total. The van der Waals surface area contributed by atoms with E-state index in [9.17, 15) is 9.59 Å². The number of aromatic nitrogens is 4. The number of halogens is 1. The number of amides is 1. The smallest absolute Gasteiger partial charge is 0.266 e. The zero-order valence-corrected chi connectivity index (χ0v) is 18.8. The molecular weight excluding hydrogens is 434 g/mol. The van der Waals surface area contributed by atoms with Crippen LogP contribution in [0.25, 0.3) is 16.6 Å². The van der Waals surface area contributed by atoms with Crippen LogP contribution >= 0.6 is 23.4 Å². The van der Waals surface area contributed by atoms with Gasteiger partial charge in [0, 0.05) is 18.1 Å². The average Bonchev–Trinajstić information content (AvgIpc) is 3.04. The summed E-state index contributed by atoms with van der Waals surface area (Å²) < 4.78 is 3.14. The third kappa shape index (κ3) is 4.50. The van der Waals surface area contributed by atoms with Crippen molar-refractivity contribution in [2.24, 2.45) is 7.05 Å². The molecule has 0 radical (unpaired) electrons. The second-order valence-electron chi connectivity index (χ2n) is 7.16. The maximum absolute atomic E-state index is 13.3. The summed E-state index contributed by atoms with van der Waals surface area (Å²) in [4.78, 5) is 30.5. The highest BCUT2D eigenvalue weighted by Gasteiger charge is 2.16. The Morgan fingerprint density at radius 1 is 1.13 bits per heavy atom. The largest absolute Gasteiger partial charge is 0.310 e. The quantitative estimate of drug-likeness (QED) is 0.363. The standard InChI is InChI=1S/C22H20ClN5O2S/c1-13-4-7-16(8-5-13)28-21(30)17-9-6-15(23)11-18(17)24-22(28)31-12-20(29)25-19-10-14(2)26-27(19)3/h4-11H,12H2,1-3H3,(H,25,29). The third-order valence-electron chi connectivity index (χ3n) is 4.69. The maximum Gasteiger partial charge on any atom is 0.266 e. The third-order valence-corrected chi connectivity index (χ3v) is 5.87. The van der Waals surface area contributed by atoms with Crippen molar-refractivity contribution in [1.82, 2.24) is 19.3 Å². The minimum atomic E-state index is -0.219. The number of hydrogen-bond acceptors (Lipinski definition) is 5. The zero-order valence-electron chi connectivity index (χ0n) is 17.2. The number of carbonyl (C=O) groups is 1. The first-order chi connectivity index (χ1) is 14.8. The Labute approximate surface area is 188 Å². The van der Waals surface area contributed by atoms with E-state index in [-0.39, 0.29) is 17.2 Å². The topological polar surface area (TPSA) is 81.8 Å². The van der Waals surface area contributed by atoms with Gasteiger partial charge in [-0.15, -0.1) is 0 Å². The van der Waals surface area contributed by atoms with E-state index < -0.39 is 0 Å². The van der Waals surface area contributed by atoms with Crippen molar-refractivity contribution in [2.45, 2.75) is 19.0 Å². The van der Waals surface area contributed by atoms with Crippen LogP contribution in [0.1, 0.15) is 11.3 Å². The molecule has 0 aliphatic carbocycles. The molecule has 0 aliphatic rings. The fourth-order valence-electron chi connectivity index (χ4n) is 3.19. The van der Waals surface area contributed by atoms with Crippen molar-refractivity contribution in [3.63, 3.8) is 0 Å². The van der Waals surface area contributed by atoms with Gasteiger partial charge in [-0.3, -0.25) is 18.8 Å². The number of nitrogens with zero attached hydrogens (tertiary/aromatic N) is 4. The van der Waals surface area contributed by atoms with Crippen molar-refractivity contribution in [3.05, 3.63) is 75.2 Å². The molecule has 31 heavy (non-hydrogen) atoms. The van der Waals surface area contributed by atoms with Crippen LogP contribution in [-0.2, 0) is 11.8 Å². The molecule has 2 aromatic carbocycles. The molecule has 0 spiro atoms. The predicted octanol–water partition coefficient (Wildman–Crippen LogP) is 4.12. The van der Waals surface area contributed by atoms with E-state index in [4.69, 9.17) is 11.6 Å². The van der Waals surface area contributed by atoms with Gasteiger partial charge < -0.3 is 5.32 Å². The van der Waals surface area contributed by atoms with Crippen LogP contribution in [0.2, 0.25) is 5.02 Å². The highest BCUT2D eigenvalue weighted by atomic mass is 35.5. The monoisotopic (exact) mass is 453 g/mol. The Morgan fingerprint density at radius 2 is 1.87 bits per heavy atom. The number of carbonyl (C=O) groups excluding carboxylic acids is 1. The minimum absolute atomic E-state index is 0.0780. The van der Waals surface area contributed by atoms with Gasteiger partial charge in [0.1, 0.15) is 5.82 Å². The van der Waals surface area contributed by atoms with Gasteiger partial charge >= 0.3 is 0 Å². The second kappa shape index (κ2) is 8.56. The second-order valence-corrected chi connectivity index (χ2v) is 8.54. The first-order valence-corrected chi connectivity index (χ1v) is 10.9. The van der Waals surface area contributed by atoms with Crippen molar-refractivity contribution >= 4 is 46.0 Å². The molecule has 0 saturated carbocycles. The lowest BCUT2D eigenvalue weighted by atomic mass is 10.2. The number of nitrogens with one attached hydrogen (secondary N) is 1. The van der Waals surface area contributed by atoms with Crippen molar-refractivity contribution in [1.29, 1.82) is 0 Å². The van der Waals surface area contributed by atoms with E-state index in [1.807, 2.05) is 38.1 Å². The molecule has 0 aliphatic heterocycles. The van der Waals surface area contributed by atoms with E-state index in [1.165, 1.54) is 16.3 Å². The van der Waals surface area contributed by atoms with Gasteiger partial charge in [-0.05, 0) is 44.2 Å². The summed E-state index contributed by atoms with van der Waals surface area (Å²) >= 11 is 7.29. The first-order valence-electron chi connectivity index (χ1n) is 9.54. The van der Waals surface area contributed by atoms with Gasteiger partial charge in [-0.2, -0.15) is 5.10 Å². The first kappa shape index (κ1) is 21.1. The number of hydrogen-bond donors (Lipinski definition) is 1. The van der Waals surface area contributed by atoms with Crippen molar-refractivity contribution < 1.29 is 4.79 Å². The van der Waals surface area contributed by atoms with Gasteiger partial charge in [0.2, 0.25) is 5.91 Å². The summed E-state index contributed by atoms with van der Waals surface area (Å²) in [5.41, 5.74) is 2.86. The molecule has 9 heteroatoms. The van der Waals surface area contributed by atoms with E-state index in [1.54, 1.807) is 36.0 Å². The summed E-state index contributed by atoms with van der Waals surface area (Å²) in [6.07, 6.45) is 0. The summed E-state index contributed by atoms with van der Waals surface area (Å²) in [7, 11) is 1.76. The number of rotatable bonds is 5. The lowest BCUT2D eigenvalue weighted by molar-refractivity contribution is -0.113. The van der Waals surface area contributed by atoms with E-state index in [0.29, 0.717) is 32.6 Å². The molecular formula is C22H20ClN5O2S. The van der Waals surface area contributed by atoms with Crippen LogP contribution in [0, 0.1) is 13.8 Å². The highest BCUT2D eigenvalue weighted by molar-refractivity contribution is 7.99. The van der Waals surface area contributed by atoms with Crippen LogP contribution < -0.4 is 10.9 Å². The summed E-state index contributed by atoms with van der Waals surface area (Å²) in [6, 6.07) is 14.4. The lowest BCUT2D eigenvalue weighted by Crippen LogP contribution is -2.23. The molecule has 0 bridgehead atoms. The average molecular weight is 454 g/mol. The molecule has 2 heterocycles. The van der Waals surface area contributed by atoms with Crippen molar-refractivity contribution in [2.75, 3.05) is 11.1 Å². The summed E-state index contributed by atoms with van der Waals surface area (Å²) in [6.45, 7) is 3.84. The number of thioether (sulfide) groups is 1. The molecule has 2 aromatic heterocycles. The molecule has 0 saturated heterocycles. The normalized spacial score (nSPS) is 11.1. The Morgan fingerprint density at radius 3 is 2.55 bits per heavy atom. The minimum Gasteiger partial charge on any atom is -0.310 e. The Bertz CT molecular complexity index is 1340. The fraction of sp³-hybridized carbons (Fsp3) is 0.182. The zero-order chi connectivity index (χ0) is 22.1. The number of fused-ring (bicyclic) bond motifs is 1. The summed E-state index contributed by atoms with van der Waals surface area (Å²) in [5, 5.41) is 8.43.